The molecule has 0 saturated heterocycles. The Kier molecular flexibility index (Phi) is 6.53. The molecular weight excluding hydrogens is 353 g/mol. The van der Waals surface area contributed by atoms with Crippen molar-refractivity contribution in [3.63, 3.8) is 0 Å². The summed E-state index contributed by atoms with van der Waals surface area (Å²) < 4.78 is 4.66. The molecule has 72 valence electrons. The zero-order valence-electron chi connectivity index (χ0n) is 6.32. The van der Waals surface area contributed by atoms with Gasteiger partial charge >= 0.3 is 12.0 Å². The van der Waals surface area contributed by atoms with E-state index in [-0.39, 0.29) is 16.5 Å². The zero-order chi connectivity index (χ0) is 9.78. The van der Waals surface area contributed by atoms with Crippen molar-refractivity contribution >= 4 is 67.8 Å². The number of carbonyl (C=O) groups is 1. The smallest absolute Gasteiger partial charge is 0.344 e. The van der Waals surface area contributed by atoms with Gasteiger partial charge in [-0.2, -0.15) is 0 Å². The highest BCUT2D eigenvalue weighted by atomic mass is 127. The molecule has 2 nitrogen and oxygen atoms in total. The molecule has 0 amide bonds. The molecular formula is C5H8Cl3IO2Si. The lowest BCUT2D eigenvalue weighted by molar-refractivity contribution is -0.141. The molecule has 12 heavy (non-hydrogen) atoms. The molecule has 0 fully saturated rings. The molecule has 0 aromatic rings. The van der Waals surface area contributed by atoms with Crippen molar-refractivity contribution < 1.29 is 9.53 Å². The Balaban J connectivity index is 3.51. The van der Waals surface area contributed by atoms with E-state index in [2.05, 4.69) is 0 Å². The number of rotatable bonds is 4. The first-order valence-electron chi connectivity index (χ1n) is 3.20. The van der Waals surface area contributed by atoms with Gasteiger partial charge in [0.25, 0.3) is 0 Å². The maximum Gasteiger partial charge on any atom is 0.344 e. The van der Waals surface area contributed by atoms with Crippen LogP contribution in [0.25, 0.3) is 0 Å². The molecule has 0 spiro atoms. The van der Waals surface area contributed by atoms with Crippen molar-refractivity contribution in [1.29, 1.82) is 0 Å². The van der Waals surface area contributed by atoms with Gasteiger partial charge in [0.15, 0.2) is 0 Å². The molecule has 1 unspecified atom stereocenters. The highest BCUT2D eigenvalue weighted by Crippen LogP contribution is 2.24. The summed E-state index contributed by atoms with van der Waals surface area (Å²) in [7, 11) is 0. The van der Waals surface area contributed by atoms with Crippen LogP contribution in [-0.2, 0) is 9.53 Å². The molecule has 0 aromatic carbocycles. The van der Waals surface area contributed by atoms with Gasteiger partial charge < -0.3 is 4.74 Å². The molecule has 0 heterocycles. The van der Waals surface area contributed by atoms with Crippen molar-refractivity contribution in [2.75, 3.05) is 6.61 Å². The van der Waals surface area contributed by atoms with E-state index in [4.69, 9.17) is 38.0 Å². The van der Waals surface area contributed by atoms with E-state index in [0.717, 1.165) is 0 Å². The van der Waals surface area contributed by atoms with Gasteiger partial charge in [0, 0.05) is 6.04 Å². The monoisotopic (exact) mass is 360 g/mol. The van der Waals surface area contributed by atoms with Crippen LogP contribution in [0.3, 0.4) is 0 Å². The minimum atomic E-state index is -2.62. The number of ether oxygens (including phenoxy) is 1. The van der Waals surface area contributed by atoms with Crippen LogP contribution in [0.1, 0.15) is 6.92 Å². The lowest BCUT2D eigenvalue weighted by Crippen LogP contribution is -2.19. The number of halogens is 4. The van der Waals surface area contributed by atoms with Gasteiger partial charge in [0.05, 0.1) is 6.61 Å². The third kappa shape index (κ3) is 7.91. The van der Waals surface area contributed by atoms with E-state index in [1.165, 1.54) is 0 Å². The van der Waals surface area contributed by atoms with Gasteiger partial charge in [-0.1, -0.05) is 22.6 Å². The summed E-state index contributed by atoms with van der Waals surface area (Å²) in [6.45, 7) is 1.95. The predicted octanol–water partition coefficient (Wildman–Crippen LogP) is 3.01. The Morgan fingerprint density at radius 2 is 2.08 bits per heavy atom. The summed E-state index contributed by atoms with van der Waals surface area (Å²) in [6, 6.07) is -2.27. The van der Waals surface area contributed by atoms with Crippen LogP contribution in [-0.4, -0.2) is 22.5 Å². The average molecular weight is 361 g/mol. The molecule has 0 N–H and O–H groups in total. The van der Waals surface area contributed by atoms with Crippen LogP contribution in [0.4, 0.5) is 0 Å². The molecule has 0 saturated carbocycles. The van der Waals surface area contributed by atoms with Gasteiger partial charge in [0.1, 0.15) is 3.92 Å². The summed E-state index contributed by atoms with van der Waals surface area (Å²) in [6.07, 6.45) is 0. The molecule has 0 aliphatic heterocycles. The number of esters is 1. The topological polar surface area (TPSA) is 26.3 Å². The fraction of sp³-hybridized carbons (Fsp3) is 0.800. The van der Waals surface area contributed by atoms with Crippen LogP contribution < -0.4 is 0 Å². The maximum absolute atomic E-state index is 10.9. The van der Waals surface area contributed by atoms with Crippen LogP contribution in [0.2, 0.25) is 6.04 Å². The Bertz CT molecular complexity index is 159. The zero-order valence-corrected chi connectivity index (χ0v) is 11.7. The van der Waals surface area contributed by atoms with Crippen molar-refractivity contribution in [1.82, 2.24) is 0 Å². The van der Waals surface area contributed by atoms with Crippen LogP contribution in [0.5, 0.6) is 0 Å². The number of hydrogen-bond donors (Lipinski definition) is 0. The fourth-order valence-electron chi connectivity index (χ4n) is 0.382. The number of hydrogen-bond acceptors (Lipinski definition) is 2. The third-order valence-corrected chi connectivity index (χ3v) is 3.94. The molecule has 0 rings (SSSR count). The van der Waals surface area contributed by atoms with Crippen molar-refractivity contribution in [3.8, 4) is 0 Å². The Labute approximate surface area is 100 Å². The van der Waals surface area contributed by atoms with E-state index in [0.29, 0.717) is 6.04 Å². The largest absolute Gasteiger partial charge is 0.465 e. The minimum absolute atomic E-state index is 0.153. The predicted molar refractivity (Wildman–Crippen MR) is 62.6 cm³/mol. The highest BCUT2D eigenvalue weighted by molar-refractivity contribution is 14.1. The summed E-state index contributed by atoms with van der Waals surface area (Å²) in [4.78, 5) is 10.9. The maximum atomic E-state index is 10.9. The minimum Gasteiger partial charge on any atom is -0.465 e. The Morgan fingerprint density at radius 1 is 1.58 bits per heavy atom. The van der Waals surface area contributed by atoms with Crippen molar-refractivity contribution in [3.05, 3.63) is 0 Å². The number of carbonyl (C=O) groups excluding carboxylic acids is 1. The van der Waals surface area contributed by atoms with Gasteiger partial charge in [-0.05, 0) is 6.92 Å². The first-order chi connectivity index (χ1) is 5.33. The van der Waals surface area contributed by atoms with Gasteiger partial charge in [-0.25, -0.2) is 0 Å². The summed E-state index contributed by atoms with van der Waals surface area (Å²) >= 11 is 18.7. The normalized spacial score (nSPS) is 14.1. The second-order valence-electron chi connectivity index (χ2n) is 2.15. The van der Waals surface area contributed by atoms with Crippen LogP contribution >= 0.6 is 55.8 Å². The van der Waals surface area contributed by atoms with Gasteiger partial charge in [-0.3, -0.25) is 4.79 Å². The quantitative estimate of drug-likeness (QED) is 0.253. The fourth-order valence-corrected chi connectivity index (χ4v) is 1.59. The first-order valence-corrected chi connectivity index (χ1v) is 9.69. The highest BCUT2D eigenvalue weighted by Gasteiger charge is 2.25. The van der Waals surface area contributed by atoms with E-state index in [9.17, 15) is 4.79 Å². The molecule has 0 aliphatic rings. The lowest BCUT2D eigenvalue weighted by atomic mass is 10.5. The molecule has 0 radical (unpaired) electrons. The first kappa shape index (κ1) is 13.3. The van der Waals surface area contributed by atoms with E-state index < -0.39 is 6.00 Å². The van der Waals surface area contributed by atoms with E-state index in [1.807, 2.05) is 22.6 Å². The van der Waals surface area contributed by atoms with Gasteiger partial charge in [0.2, 0.25) is 0 Å². The van der Waals surface area contributed by atoms with Crippen molar-refractivity contribution in [2.24, 2.45) is 0 Å². The average Bonchev–Trinajstić information content (AvgIpc) is 1.84. The van der Waals surface area contributed by atoms with E-state index >= 15 is 0 Å². The molecule has 7 heteroatoms. The summed E-state index contributed by atoms with van der Waals surface area (Å²) in [5.74, 6) is -0.265. The molecule has 1 atom stereocenters. The second kappa shape index (κ2) is 5.90. The standard InChI is InChI=1S/C5H8Cl3IO2Si/c1-4(9)5(10)11-2-3-12(6,7)8/h4H,2-3H2,1H3. The van der Waals surface area contributed by atoms with E-state index in [1.54, 1.807) is 6.92 Å². The summed E-state index contributed by atoms with van der Waals surface area (Å²) in [5, 5.41) is 0. The SMILES string of the molecule is CC(I)C(=O)OCC[Si](Cl)(Cl)Cl. The summed E-state index contributed by atoms with van der Waals surface area (Å²) in [5.41, 5.74) is 0. The van der Waals surface area contributed by atoms with Crippen molar-refractivity contribution in [2.45, 2.75) is 16.9 Å². The van der Waals surface area contributed by atoms with Crippen LogP contribution in [0, 0.1) is 0 Å². The lowest BCUT2D eigenvalue weighted by Gasteiger charge is -2.08. The molecule has 0 bridgehead atoms. The molecule has 0 aliphatic carbocycles. The third-order valence-electron chi connectivity index (χ3n) is 0.955. The molecule has 0 aromatic heterocycles. The Hall–Kier alpha value is 1.29. The Morgan fingerprint density at radius 3 is 2.42 bits per heavy atom. The van der Waals surface area contributed by atoms with Gasteiger partial charge in [-0.15, -0.1) is 33.2 Å². The second-order valence-corrected chi connectivity index (χ2v) is 13.3. The van der Waals surface area contributed by atoms with Crippen LogP contribution in [0.15, 0.2) is 0 Å². The number of alkyl halides is 1.